The maximum Gasteiger partial charge on any atom is 0.195 e. The smallest absolute Gasteiger partial charge is 0.195 e. The molecule has 28 heavy (non-hydrogen) atoms. The molecule has 1 aromatic carbocycles. The molecule has 0 spiro atoms. The molecule has 0 saturated heterocycles. The van der Waals surface area contributed by atoms with Crippen LogP contribution in [0, 0.1) is 0 Å². The fourth-order valence-corrected chi connectivity index (χ4v) is 3.10. The second kappa shape index (κ2) is 9.16. The lowest BCUT2D eigenvalue weighted by atomic mass is 10.2. The van der Waals surface area contributed by atoms with Gasteiger partial charge in [-0.3, -0.25) is 4.90 Å². The summed E-state index contributed by atoms with van der Waals surface area (Å²) in [6, 6.07) is 5.51. The van der Waals surface area contributed by atoms with E-state index in [0.29, 0.717) is 52.5 Å². The lowest BCUT2D eigenvalue weighted by molar-refractivity contribution is 0.220. The topological polar surface area (TPSA) is 68.7 Å². The zero-order valence-electron chi connectivity index (χ0n) is 15.7. The average Bonchev–Trinajstić information content (AvgIpc) is 2.71. The van der Waals surface area contributed by atoms with Gasteiger partial charge >= 0.3 is 0 Å². The summed E-state index contributed by atoms with van der Waals surface area (Å²) < 4.78 is 17.1. The fraction of sp³-hybridized carbons (Fsp3) is 0.263. The second-order valence-electron chi connectivity index (χ2n) is 5.62. The van der Waals surface area contributed by atoms with Crippen molar-refractivity contribution in [2.45, 2.75) is 6.92 Å². The maximum atomic E-state index is 6.25. The first-order chi connectivity index (χ1) is 13.6. The van der Waals surface area contributed by atoms with Crippen molar-refractivity contribution in [3.05, 3.63) is 52.1 Å². The maximum absolute atomic E-state index is 6.25. The molecule has 1 aliphatic rings. The quantitative estimate of drug-likeness (QED) is 0.620. The normalized spacial score (nSPS) is 13.2. The van der Waals surface area contributed by atoms with Crippen molar-refractivity contribution in [2.75, 3.05) is 37.6 Å². The first-order valence-corrected chi connectivity index (χ1v) is 9.74. The Labute approximate surface area is 177 Å². The van der Waals surface area contributed by atoms with E-state index in [0.717, 1.165) is 0 Å². The molecular formula is C19H20BrClN4O3. The summed E-state index contributed by atoms with van der Waals surface area (Å²) in [6.07, 6.45) is 5.80. The van der Waals surface area contributed by atoms with Crippen LogP contribution >= 0.6 is 27.5 Å². The van der Waals surface area contributed by atoms with Crippen LogP contribution in [0.2, 0.25) is 5.15 Å². The first kappa shape index (κ1) is 20.3. The van der Waals surface area contributed by atoms with Crippen LogP contribution in [0.3, 0.4) is 0 Å². The Morgan fingerprint density at radius 2 is 1.93 bits per heavy atom. The number of rotatable bonds is 7. The minimum atomic E-state index is 0.248. The molecule has 9 heteroatoms. The van der Waals surface area contributed by atoms with Crippen LogP contribution in [0.25, 0.3) is 0 Å². The van der Waals surface area contributed by atoms with E-state index in [2.05, 4.69) is 31.2 Å². The van der Waals surface area contributed by atoms with Crippen LogP contribution in [0.15, 0.2) is 46.9 Å². The van der Waals surface area contributed by atoms with Crippen LogP contribution < -0.4 is 19.7 Å². The second-order valence-corrected chi connectivity index (χ2v) is 6.73. The van der Waals surface area contributed by atoms with Gasteiger partial charge in [-0.05, 0) is 41.1 Å². The van der Waals surface area contributed by atoms with Gasteiger partial charge in [0.2, 0.25) is 0 Å². The van der Waals surface area contributed by atoms with Crippen molar-refractivity contribution in [1.29, 1.82) is 0 Å². The Balaban J connectivity index is 2.09. The van der Waals surface area contributed by atoms with Crippen molar-refractivity contribution in [2.24, 2.45) is 0 Å². The van der Waals surface area contributed by atoms with Crippen LogP contribution in [-0.4, -0.2) is 37.3 Å². The van der Waals surface area contributed by atoms with Crippen molar-refractivity contribution >= 4 is 44.9 Å². The van der Waals surface area contributed by atoms with Crippen LogP contribution in [0.4, 0.5) is 17.3 Å². The van der Waals surface area contributed by atoms with Gasteiger partial charge in [0.05, 0.1) is 20.8 Å². The highest BCUT2D eigenvalue weighted by molar-refractivity contribution is 9.10. The minimum Gasteiger partial charge on any atom is -0.494 e. The lowest BCUT2D eigenvalue weighted by Gasteiger charge is -2.28. The predicted molar refractivity (Wildman–Crippen MR) is 114 cm³/mol. The van der Waals surface area contributed by atoms with Crippen molar-refractivity contribution in [3.63, 3.8) is 0 Å². The van der Waals surface area contributed by atoms with Gasteiger partial charge < -0.3 is 19.5 Å². The summed E-state index contributed by atoms with van der Waals surface area (Å²) in [5.41, 5.74) is 0.631. The van der Waals surface area contributed by atoms with Gasteiger partial charge in [-0.2, -0.15) is 0 Å². The number of anilines is 3. The number of aromatic nitrogens is 2. The molecule has 1 aromatic heterocycles. The molecule has 0 radical (unpaired) electrons. The molecule has 0 atom stereocenters. The number of halogens is 2. The Morgan fingerprint density at radius 1 is 1.21 bits per heavy atom. The third kappa shape index (κ3) is 4.18. The van der Waals surface area contributed by atoms with Gasteiger partial charge in [0.1, 0.15) is 21.8 Å². The molecule has 0 fully saturated rings. The molecule has 1 aliphatic heterocycles. The number of para-hydroxylation sites is 1. The Kier molecular flexibility index (Phi) is 6.64. The SMILES string of the molecule is CCOC1=CC=CCN1c1nc(Cl)c(Br)nc1Nc1c(OC)cccc1OC. The zero-order chi connectivity index (χ0) is 20.1. The summed E-state index contributed by atoms with van der Waals surface area (Å²) >= 11 is 9.60. The number of hydrogen-bond donors (Lipinski definition) is 1. The summed E-state index contributed by atoms with van der Waals surface area (Å²) in [5, 5.41) is 3.53. The molecular weight excluding hydrogens is 448 g/mol. The number of hydrogen-bond acceptors (Lipinski definition) is 7. The van der Waals surface area contributed by atoms with E-state index in [1.54, 1.807) is 14.2 Å². The lowest BCUT2D eigenvalue weighted by Crippen LogP contribution is -2.28. The predicted octanol–water partition coefficient (Wildman–Crippen LogP) is 4.91. The van der Waals surface area contributed by atoms with Crippen LogP contribution in [0.5, 0.6) is 11.5 Å². The summed E-state index contributed by atoms with van der Waals surface area (Å²) in [4.78, 5) is 10.9. The minimum absolute atomic E-state index is 0.248. The van der Waals surface area contributed by atoms with Gasteiger partial charge in [-0.1, -0.05) is 29.8 Å². The van der Waals surface area contributed by atoms with Gasteiger partial charge in [0.25, 0.3) is 0 Å². The van der Waals surface area contributed by atoms with Crippen molar-refractivity contribution in [3.8, 4) is 11.5 Å². The van der Waals surface area contributed by atoms with E-state index >= 15 is 0 Å². The number of ether oxygens (including phenoxy) is 3. The summed E-state index contributed by atoms with van der Waals surface area (Å²) in [7, 11) is 3.19. The van der Waals surface area contributed by atoms with Crippen LogP contribution in [0.1, 0.15) is 6.92 Å². The molecule has 1 N–H and O–H groups in total. The van der Waals surface area contributed by atoms with E-state index in [4.69, 9.17) is 25.8 Å². The molecule has 0 unspecified atom stereocenters. The number of methoxy groups -OCH3 is 2. The molecule has 7 nitrogen and oxygen atoms in total. The number of benzene rings is 1. The number of nitrogens with one attached hydrogen (secondary N) is 1. The van der Waals surface area contributed by atoms with Gasteiger partial charge in [0.15, 0.2) is 22.7 Å². The average molecular weight is 468 g/mol. The molecule has 0 aliphatic carbocycles. The summed E-state index contributed by atoms with van der Waals surface area (Å²) in [6.45, 7) is 3.02. The molecule has 0 bridgehead atoms. The highest BCUT2D eigenvalue weighted by Gasteiger charge is 2.23. The Morgan fingerprint density at radius 3 is 2.57 bits per heavy atom. The van der Waals surface area contributed by atoms with E-state index in [-0.39, 0.29) is 5.15 Å². The molecule has 2 heterocycles. The van der Waals surface area contributed by atoms with Crippen molar-refractivity contribution in [1.82, 2.24) is 9.97 Å². The van der Waals surface area contributed by atoms with E-state index in [1.165, 1.54) is 0 Å². The largest absolute Gasteiger partial charge is 0.494 e. The van der Waals surface area contributed by atoms with E-state index < -0.39 is 0 Å². The Bertz CT molecular complexity index is 898. The van der Waals surface area contributed by atoms with E-state index in [9.17, 15) is 0 Å². The highest BCUT2D eigenvalue weighted by Crippen LogP contribution is 2.40. The standard InChI is InChI=1S/C19H20BrClN4O3/c1-4-28-14-10-5-6-11-25(14)19-18(23-16(20)17(21)24-19)22-15-12(26-2)8-7-9-13(15)27-3/h5-10H,4,11H2,1-3H3,(H,22,23). The monoisotopic (exact) mass is 466 g/mol. The first-order valence-electron chi connectivity index (χ1n) is 8.57. The van der Waals surface area contributed by atoms with Crippen LogP contribution in [-0.2, 0) is 4.74 Å². The van der Waals surface area contributed by atoms with Gasteiger partial charge in [-0.15, -0.1) is 0 Å². The highest BCUT2D eigenvalue weighted by atomic mass is 79.9. The van der Waals surface area contributed by atoms with E-state index in [1.807, 2.05) is 48.3 Å². The fourth-order valence-electron chi connectivity index (χ4n) is 2.71. The molecule has 2 aromatic rings. The van der Waals surface area contributed by atoms with Gasteiger partial charge in [0, 0.05) is 6.54 Å². The molecule has 3 rings (SSSR count). The third-order valence-electron chi connectivity index (χ3n) is 3.94. The third-order valence-corrected chi connectivity index (χ3v) is 4.99. The summed E-state index contributed by atoms with van der Waals surface area (Å²) in [5.74, 6) is 2.87. The van der Waals surface area contributed by atoms with Gasteiger partial charge in [-0.25, -0.2) is 9.97 Å². The zero-order valence-corrected chi connectivity index (χ0v) is 18.0. The van der Waals surface area contributed by atoms with Crippen molar-refractivity contribution < 1.29 is 14.2 Å². The number of nitrogens with zero attached hydrogens (tertiary/aromatic N) is 3. The molecule has 148 valence electrons. The number of allylic oxidation sites excluding steroid dienone is 2. The molecule has 0 saturated carbocycles. The molecule has 0 amide bonds. The Hall–Kier alpha value is -2.45.